The van der Waals surface area contributed by atoms with Gasteiger partial charge in [0.1, 0.15) is 40.4 Å². The van der Waals surface area contributed by atoms with Gasteiger partial charge in [-0.3, -0.25) is 34.2 Å². The Morgan fingerprint density at radius 3 is 2.29 bits per heavy atom. The number of amides is 5. The average Bonchev–Trinajstić information content (AvgIpc) is 3.63. The number of para-hydroxylation sites is 1. The van der Waals surface area contributed by atoms with Crippen molar-refractivity contribution in [1.82, 2.24) is 20.0 Å². The normalized spacial score (nSPS) is 17.8. The first kappa shape index (κ1) is 36.6. The van der Waals surface area contributed by atoms with Gasteiger partial charge in [0.25, 0.3) is 17.7 Å². The van der Waals surface area contributed by atoms with Gasteiger partial charge in [-0.05, 0) is 104 Å². The number of anilines is 4. The van der Waals surface area contributed by atoms with Gasteiger partial charge in [-0.1, -0.05) is 18.2 Å². The number of carbonyl (C=O) groups excluding carboxylic acids is 5. The molecule has 1 aromatic heterocycles. The van der Waals surface area contributed by atoms with Crippen LogP contribution in [0.1, 0.15) is 62.3 Å². The van der Waals surface area contributed by atoms with Crippen molar-refractivity contribution in [3.8, 4) is 22.8 Å². The zero-order valence-corrected chi connectivity index (χ0v) is 31.3. The molecule has 294 valence electrons. The number of imide groups is 2. The highest BCUT2D eigenvalue weighted by molar-refractivity contribution is 6.23. The van der Waals surface area contributed by atoms with Gasteiger partial charge in [0, 0.05) is 49.5 Å². The van der Waals surface area contributed by atoms with Crippen LogP contribution in [0, 0.1) is 11.7 Å². The number of nitrogens with one attached hydrogen (secondary N) is 3. The number of nitrogens with zero attached hydrogens (tertiary/aromatic N) is 4. The molecule has 0 bridgehead atoms. The van der Waals surface area contributed by atoms with E-state index >= 15 is 4.39 Å². The number of rotatable bonds is 9. The Labute approximate surface area is 332 Å². The maximum atomic E-state index is 15.5. The molecule has 0 saturated carbocycles. The average molecular weight is 783 g/mol. The number of piperidine rings is 2. The lowest BCUT2D eigenvalue weighted by Gasteiger charge is -2.34. The van der Waals surface area contributed by atoms with Crippen molar-refractivity contribution in [2.24, 2.45) is 11.7 Å². The number of benzene rings is 4. The fourth-order valence-corrected chi connectivity index (χ4v) is 8.24. The van der Waals surface area contributed by atoms with Crippen LogP contribution in [-0.2, 0) is 22.6 Å². The van der Waals surface area contributed by atoms with E-state index in [0.29, 0.717) is 61.3 Å². The number of fused-ring (bicyclic) bond motifs is 3. The van der Waals surface area contributed by atoms with Crippen molar-refractivity contribution < 1.29 is 33.1 Å². The highest BCUT2D eigenvalue weighted by Crippen LogP contribution is 2.37. The molecule has 5 N–H and O–H groups in total. The molecule has 2 fully saturated rings. The van der Waals surface area contributed by atoms with Crippen molar-refractivity contribution in [3.05, 3.63) is 113 Å². The van der Waals surface area contributed by atoms with E-state index in [0.717, 1.165) is 52.1 Å². The highest BCUT2D eigenvalue weighted by Gasteiger charge is 2.45. The molecule has 1 unspecified atom stereocenters. The van der Waals surface area contributed by atoms with Crippen molar-refractivity contribution in [2.45, 2.75) is 44.7 Å². The van der Waals surface area contributed by atoms with Crippen LogP contribution in [0.4, 0.5) is 27.3 Å². The first-order valence-electron chi connectivity index (χ1n) is 19.3. The molecule has 9 rings (SSSR count). The maximum Gasteiger partial charge on any atom is 0.262 e. The molecule has 4 aromatic carbocycles. The minimum Gasteiger partial charge on any atom is -0.457 e. The molecule has 4 aliphatic heterocycles. The first-order chi connectivity index (χ1) is 28.1. The van der Waals surface area contributed by atoms with Crippen LogP contribution in [0.3, 0.4) is 0 Å². The summed E-state index contributed by atoms with van der Waals surface area (Å²) in [7, 11) is 0. The predicted molar refractivity (Wildman–Crippen MR) is 213 cm³/mol. The number of nitrogens with two attached hydrogens (primary N) is 1. The number of halogens is 1. The molecular formula is C43H39FN8O6. The van der Waals surface area contributed by atoms with E-state index in [-0.39, 0.29) is 29.7 Å². The summed E-state index contributed by atoms with van der Waals surface area (Å²) in [6.07, 6.45) is 2.25. The number of carbonyl (C=O) groups is 5. The molecule has 0 radical (unpaired) electrons. The van der Waals surface area contributed by atoms with E-state index in [1.807, 2.05) is 71.6 Å². The second-order valence-electron chi connectivity index (χ2n) is 15.0. The zero-order chi connectivity index (χ0) is 40.1. The van der Waals surface area contributed by atoms with E-state index in [2.05, 4.69) is 22.0 Å². The largest absolute Gasteiger partial charge is 0.457 e. The van der Waals surface area contributed by atoms with Crippen LogP contribution in [-0.4, -0.2) is 69.9 Å². The van der Waals surface area contributed by atoms with Gasteiger partial charge < -0.3 is 26.0 Å². The van der Waals surface area contributed by atoms with Crippen LogP contribution >= 0.6 is 0 Å². The van der Waals surface area contributed by atoms with Crippen LogP contribution in [0.5, 0.6) is 11.5 Å². The lowest BCUT2D eigenvalue weighted by atomic mass is 9.95. The molecule has 0 aliphatic carbocycles. The predicted octanol–water partition coefficient (Wildman–Crippen LogP) is 5.61. The second kappa shape index (κ2) is 14.8. The third-order valence-corrected chi connectivity index (χ3v) is 11.3. The van der Waals surface area contributed by atoms with Gasteiger partial charge in [-0.15, -0.1) is 0 Å². The number of hydrogen-bond donors (Lipinski definition) is 4. The van der Waals surface area contributed by atoms with E-state index in [1.165, 1.54) is 6.07 Å². The second-order valence-corrected chi connectivity index (χ2v) is 15.0. The Morgan fingerprint density at radius 1 is 0.845 bits per heavy atom. The summed E-state index contributed by atoms with van der Waals surface area (Å²) in [6.45, 7) is 2.33. The molecule has 0 spiro atoms. The molecule has 5 aromatic rings. The van der Waals surface area contributed by atoms with Gasteiger partial charge in [0.15, 0.2) is 0 Å². The lowest BCUT2D eigenvalue weighted by Crippen LogP contribution is -2.54. The molecular weight excluding hydrogens is 744 g/mol. The Hall–Kier alpha value is -7.03. The Balaban J connectivity index is 0.826. The third-order valence-electron chi connectivity index (χ3n) is 11.3. The molecule has 5 heterocycles. The van der Waals surface area contributed by atoms with Crippen LogP contribution in [0.15, 0.2) is 84.9 Å². The number of hydrogen-bond acceptors (Lipinski definition) is 10. The molecule has 2 saturated heterocycles. The fraction of sp³-hybridized carbons (Fsp3) is 0.256. The molecule has 58 heavy (non-hydrogen) atoms. The quantitative estimate of drug-likeness (QED) is 0.137. The van der Waals surface area contributed by atoms with Crippen LogP contribution in [0.25, 0.3) is 11.3 Å². The van der Waals surface area contributed by atoms with Crippen molar-refractivity contribution >= 4 is 52.4 Å². The molecule has 1 atom stereocenters. The summed E-state index contributed by atoms with van der Waals surface area (Å²) >= 11 is 0. The Kier molecular flexibility index (Phi) is 9.34. The monoisotopic (exact) mass is 782 g/mol. The molecule has 14 nitrogen and oxygen atoms in total. The van der Waals surface area contributed by atoms with E-state index in [1.54, 1.807) is 4.68 Å². The highest BCUT2D eigenvalue weighted by atomic mass is 19.1. The minimum atomic E-state index is -1.11. The summed E-state index contributed by atoms with van der Waals surface area (Å²) in [6, 6.07) is 24.3. The van der Waals surface area contributed by atoms with Gasteiger partial charge in [0.05, 0.1) is 16.8 Å². The van der Waals surface area contributed by atoms with Crippen molar-refractivity contribution in [1.29, 1.82) is 0 Å². The summed E-state index contributed by atoms with van der Waals surface area (Å²) < 4.78 is 23.2. The van der Waals surface area contributed by atoms with Gasteiger partial charge in [-0.25, -0.2) is 9.07 Å². The molecule has 5 amide bonds. The maximum absolute atomic E-state index is 15.5. The standard InChI is InChI=1S/C43H39FN8O6/c44-32-21-30-31(43(57)52(42(30)56)34-12-13-36(53)48-41(34)55)22-35(32)50-17-14-24(15-18-50)23-46-27-8-11-33-26(20-27)16-19-51-40(47-33)37(39(45)54)38(49-51)25-6-9-29(10-7-25)58-28-4-2-1-3-5-28/h1-11,20-22,24,34,46-47H,12-19,23H2,(H2,45,54)(H,48,53,55). The Morgan fingerprint density at radius 2 is 1.57 bits per heavy atom. The van der Waals surface area contributed by atoms with E-state index in [9.17, 15) is 24.0 Å². The van der Waals surface area contributed by atoms with Crippen LogP contribution in [0.2, 0.25) is 0 Å². The fourth-order valence-electron chi connectivity index (χ4n) is 8.24. The molecule has 15 heteroatoms. The minimum absolute atomic E-state index is 0.00766. The Bertz CT molecular complexity index is 2500. The van der Waals surface area contributed by atoms with Gasteiger partial charge in [0.2, 0.25) is 11.8 Å². The summed E-state index contributed by atoms with van der Waals surface area (Å²) in [4.78, 5) is 66.1. The summed E-state index contributed by atoms with van der Waals surface area (Å²) in [5.41, 5.74) is 10.6. The number of aryl methyl sites for hydroxylation is 2. The number of aromatic nitrogens is 2. The van der Waals surface area contributed by atoms with Crippen molar-refractivity contribution in [3.63, 3.8) is 0 Å². The van der Waals surface area contributed by atoms with Crippen LogP contribution < -0.4 is 31.3 Å². The number of ether oxygens (including phenoxy) is 1. The molecule has 4 aliphatic rings. The third kappa shape index (κ3) is 6.77. The summed E-state index contributed by atoms with van der Waals surface area (Å²) in [5.74, 6) is -1.53. The number of primary amides is 1. The summed E-state index contributed by atoms with van der Waals surface area (Å²) in [5, 5.41) is 14.0. The lowest BCUT2D eigenvalue weighted by molar-refractivity contribution is -0.136. The smallest absolute Gasteiger partial charge is 0.262 e. The van der Waals surface area contributed by atoms with Gasteiger partial charge >= 0.3 is 0 Å². The van der Waals surface area contributed by atoms with Crippen molar-refractivity contribution in [2.75, 3.05) is 35.2 Å². The SMILES string of the molecule is NC(=O)c1c(-c2ccc(Oc3ccccc3)cc2)nn2c1Nc1ccc(NCC3CCN(c4cc5c(cc4F)C(=O)N(C4CCC(=O)NC4=O)C5=O)CC3)cc1CC2. The van der Waals surface area contributed by atoms with Gasteiger partial charge in [-0.2, -0.15) is 5.10 Å². The first-order valence-corrected chi connectivity index (χ1v) is 19.3. The topological polar surface area (TPSA) is 181 Å². The van der Waals surface area contributed by atoms with E-state index < -0.39 is 41.4 Å². The zero-order valence-electron chi connectivity index (χ0n) is 31.3. The van der Waals surface area contributed by atoms with E-state index in [4.69, 9.17) is 15.6 Å².